The normalized spacial score (nSPS) is 35.8. The quantitative estimate of drug-likeness (QED) is 0.818. The molecule has 1 aromatic carbocycles. The Morgan fingerprint density at radius 2 is 1.58 bits per heavy atom. The molecule has 4 saturated carbocycles. The van der Waals surface area contributed by atoms with E-state index in [-0.39, 0.29) is 12.1 Å². The topological polar surface area (TPSA) is 55.4 Å². The molecule has 0 unspecified atom stereocenters. The lowest BCUT2D eigenvalue weighted by molar-refractivity contribution is -0.185. The van der Waals surface area contributed by atoms with E-state index in [1.165, 1.54) is 6.42 Å². The maximum absolute atomic E-state index is 13.3. The van der Waals surface area contributed by atoms with Crippen molar-refractivity contribution in [2.75, 3.05) is 13.7 Å². The first-order chi connectivity index (χ1) is 12.3. The molecule has 4 aliphatic rings. The molecule has 0 radical (unpaired) electrons. The summed E-state index contributed by atoms with van der Waals surface area (Å²) in [7, 11) is -2.03. The van der Waals surface area contributed by atoms with Crippen LogP contribution in [0.2, 0.25) is 0 Å². The van der Waals surface area contributed by atoms with Gasteiger partial charge in [-0.05, 0) is 73.5 Å². The molecule has 7 heteroatoms. The third kappa shape index (κ3) is 3.29. The molecule has 4 nitrogen and oxygen atoms in total. The van der Waals surface area contributed by atoms with Crippen molar-refractivity contribution in [2.45, 2.75) is 43.5 Å². The average Bonchev–Trinajstić information content (AvgIpc) is 2.53. The van der Waals surface area contributed by atoms with E-state index in [1.54, 1.807) is 7.11 Å². The highest BCUT2D eigenvalue weighted by atomic mass is 32.2. The lowest BCUT2D eigenvalue weighted by atomic mass is 9.50. The predicted molar refractivity (Wildman–Crippen MR) is 93.8 cm³/mol. The molecule has 0 atom stereocenters. The summed E-state index contributed by atoms with van der Waals surface area (Å²) in [5.74, 6) is 0.299. The highest BCUT2D eigenvalue weighted by Crippen LogP contribution is 2.59. The van der Waals surface area contributed by atoms with Gasteiger partial charge in [-0.3, -0.25) is 0 Å². The number of halogens is 2. The Balaban J connectivity index is 1.48. The molecular formula is C19H25F2NO3S. The molecule has 0 aliphatic heterocycles. The standard InChI is InChI=1S/C19H25F2NO3S/c1-25-19(15-3-12-2-13(5-15)6-16(19)4-12)11-22-26(23,24)10-14-7-17(20)9-18(21)8-14/h7-9,12-13,15-16,22H,2-6,10-11H2,1H3. The Bertz CT molecular complexity index is 748. The first-order valence-corrected chi connectivity index (χ1v) is 10.9. The lowest BCUT2D eigenvalue weighted by Crippen LogP contribution is -2.63. The zero-order valence-corrected chi connectivity index (χ0v) is 15.7. The van der Waals surface area contributed by atoms with Crippen molar-refractivity contribution in [3.8, 4) is 0 Å². The van der Waals surface area contributed by atoms with E-state index in [9.17, 15) is 17.2 Å². The summed E-state index contributed by atoms with van der Waals surface area (Å²) < 4.78 is 60.3. The van der Waals surface area contributed by atoms with Gasteiger partial charge in [0.1, 0.15) is 11.6 Å². The Morgan fingerprint density at radius 3 is 2.08 bits per heavy atom. The number of hydrogen-bond donors (Lipinski definition) is 1. The van der Waals surface area contributed by atoms with Crippen LogP contribution >= 0.6 is 0 Å². The van der Waals surface area contributed by atoms with Crippen LogP contribution in [0.15, 0.2) is 18.2 Å². The van der Waals surface area contributed by atoms with E-state index in [0.717, 1.165) is 55.7 Å². The average molecular weight is 385 g/mol. The lowest BCUT2D eigenvalue weighted by Gasteiger charge is -2.60. The van der Waals surface area contributed by atoms with Gasteiger partial charge in [-0.25, -0.2) is 21.9 Å². The monoisotopic (exact) mass is 385 g/mol. The number of benzene rings is 1. The van der Waals surface area contributed by atoms with Crippen molar-refractivity contribution >= 4 is 10.0 Å². The molecule has 26 heavy (non-hydrogen) atoms. The SMILES string of the molecule is COC1(CNS(=O)(=O)Cc2cc(F)cc(F)c2)C2CC3CC(C2)CC1C3. The van der Waals surface area contributed by atoms with Crippen LogP contribution < -0.4 is 4.72 Å². The fourth-order valence-electron chi connectivity index (χ4n) is 5.86. The molecule has 1 aromatic rings. The second kappa shape index (κ2) is 6.53. The van der Waals surface area contributed by atoms with Gasteiger partial charge >= 0.3 is 0 Å². The van der Waals surface area contributed by atoms with E-state index in [1.807, 2.05) is 0 Å². The number of ether oxygens (including phenoxy) is 1. The molecule has 0 heterocycles. The molecule has 4 bridgehead atoms. The molecule has 5 rings (SSSR count). The summed E-state index contributed by atoms with van der Waals surface area (Å²) in [6, 6.07) is 2.84. The second-order valence-corrected chi connectivity index (χ2v) is 10.1. The predicted octanol–water partition coefficient (Wildman–Crippen LogP) is 3.23. The van der Waals surface area contributed by atoms with Crippen LogP contribution in [0.3, 0.4) is 0 Å². The molecule has 0 amide bonds. The van der Waals surface area contributed by atoms with E-state index < -0.39 is 33.0 Å². The van der Waals surface area contributed by atoms with E-state index in [2.05, 4.69) is 4.72 Å². The molecule has 4 aliphatic carbocycles. The summed E-state index contributed by atoms with van der Waals surface area (Å²) in [6.45, 7) is 0.235. The van der Waals surface area contributed by atoms with Gasteiger partial charge in [0.05, 0.1) is 11.4 Å². The smallest absolute Gasteiger partial charge is 0.215 e. The van der Waals surface area contributed by atoms with Crippen LogP contribution in [0.4, 0.5) is 8.78 Å². The van der Waals surface area contributed by atoms with Crippen molar-refractivity contribution < 1.29 is 21.9 Å². The Morgan fingerprint density at radius 1 is 1.04 bits per heavy atom. The van der Waals surface area contributed by atoms with Crippen LogP contribution in [0.5, 0.6) is 0 Å². The van der Waals surface area contributed by atoms with Gasteiger partial charge in [0, 0.05) is 19.7 Å². The zero-order valence-electron chi connectivity index (χ0n) is 14.9. The first-order valence-electron chi connectivity index (χ1n) is 9.27. The summed E-state index contributed by atoms with van der Waals surface area (Å²) in [6.07, 6.45) is 5.74. The van der Waals surface area contributed by atoms with Crippen molar-refractivity contribution in [3.63, 3.8) is 0 Å². The zero-order chi connectivity index (χ0) is 18.5. The van der Waals surface area contributed by atoms with Crippen molar-refractivity contribution in [1.29, 1.82) is 0 Å². The summed E-state index contributed by atoms with van der Waals surface area (Å²) >= 11 is 0. The van der Waals surface area contributed by atoms with E-state index in [0.29, 0.717) is 11.8 Å². The Hall–Kier alpha value is -1.05. The van der Waals surface area contributed by atoms with Crippen LogP contribution in [0, 0.1) is 35.3 Å². The maximum atomic E-state index is 13.3. The first kappa shape index (κ1) is 18.3. The van der Waals surface area contributed by atoms with Gasteiger partial charge in [-0.1, -0.05) is 0 Å². The van der Waals surface area contributed by atoms with Crippen LogP contribution in [0.25, 0.3) is 0 Å². The molecule has 144 valence electrons. The third-order valence-corrected chi connectivity index (χ3v) is 8.05. The summed E-state index contributed by atoms with van der Waals surface area (Å²) in [4.78, 5) is 0. The van der Waals surface area contributed by atoms with Crippen molar-refractivity contribution in [3.05, 3.63) is 35.4 Å². The van der Waals surface area contributed by atoms with Gasteiger partial charge in [-0.15, -0.1) is 0 Å². The minimum absolute atomic E-state index is 0.103. The highest BCUT2D eigenvalue weighted by Gasteiger charge is 2.57. The largest absolute Gasteiger partial charge is 0.376 e. The number of hydrogen-bond acceptors (Lipinski definition) is 3. The maximum Gasteiger partial charge on any atom is 0.215 e. The van der Waals surface area contributed by atoms with Gasteiger partial charge in [-0.2, -0.15) is 0 Å². The number of methoxy groups -OCH3 is 1. The number of sulfonamides is 1. The van der Waals surface area contributed by atoms with Gasteiger partial charge in [0.2, 0.25) is 10.0 Å². The minimum atomic E-state index is -3.71. The summed E-state index contributed by atoms with van der Waals surface area (Å²) in [5, 5.41) is 0. The van der Waals surface area contributed by atoms with Gasteiger partial charge in [0.15, 0.2) is 0 Å². The van der Waals surface area contributed by atoms with Crippen LogP contribution in [-0.4, -0.2) is 27.7 Å². The fourth-order valence-corrected chi connectivity index (χ4v) is 7.02. The molecule has 0 aromatic heterocycles. The minimum Gasteiger partial charge on any atom is -0.376 e. The molecule has 0 saturated heterocycles. The molecule has 1 N–H and O–H groups in total. The fraction of sp³-hybridized carbons (Fsp3) is 0.684. The van der Waals surface area contributed by atoms with E-state index in [4.69, 9.17) is 4.74 Å². The molecule has 4 fully saturated rings. The second-order valence-electron chi connectivity index (χ2n) is 8.32. The van der Waals surface area contributed by atoms with E-state index >= 15 is 0 Å². The molecule has 0 spiro atoms. The van der Waals surface area contributed by atoms with Gasteiger partial charge in [0.25, 0.3) is 0 Å². The van der Waals surface area contributed by atoms with Gasteiger partial charge < -0.3 is 4.74 Å². The highest BCUT2D eigenvalue weighted by molar-refractivity contribution is 7.88. The van der Waals surface area contributed by atoms with Crippen molar-refractivity contribution in [2.24, 2.45) is 23.7 Å². The third-order valence-electron chi connectivity index (χ3n) is 6.75. The Labute approximate surface area is 153 Å². The Kier molecular flexibility index (Phi) is 4.60. The number of rotatable bonds is 6. The molecular weight excluding hydrogens is 360 g/mol. The van der Waals surface area contributed by atoms with Crippen molar-refractivity contribution in [1.82, 2.24) is 4.72 Å². The van der Waals surface area contributed by atoms with Crippen LogP contribution in [-0.2, 0) is 20.5 Å². The summed E-state index contributed by atoms with van der Waals surface area (Å²) in [5.41, 5.74) is -0.347. The van der Waals surface area contributed by atoms with Crippen LogP contribution in [0.1, 0.15) is 37.7 Å². The number of nitrogens with one attached hydrogen (secondary N) is 1.